The van der Waals surface area contributed by atoms with Crippen LogP contribution in [0.5, 0.6) is 0 Å². The number of carbonyl (C=O) groups excluding carboxylic acids is 1. The van der Waals surface area contributed by atoms with Crippen LogP contribution in [0.25, 0.3) is 11.1 Å². The van der Waals surface area contributed by atoms with E-state index >= 15 is 0 Å². The highest BCUT2D eigenvalue weighted by Crippen LogP contribution is 2.28. The maximum atomic E-state index is 11.5. The molecule has 0 unspecified atom stereocenters. The van der Waals surface area contributed by atoms with E-state index in [9.17, 15) is 4.79 Å². The Morgan fingerprint density at radius 3 is 2.95 bits per heavy atom. The SMILES string of the molecule is COC(=O)c1ccc2oc(C3CCNCC3)nc2c1. The van der Waals surface area contributed by atoms with E-state index in [4.69, 9.17) is 9.15 Å². The average molecular weight is 260 g/mol. The van der Waals surface area contributed by atoms with Gasteiger partial charge in [0.15, 0.2) is 11.5 Å². The Bertz CT molecular complexity index is 600. The fourth-order valence-electron chi connectivity index (χ4n) is 2.43. The number of fused-ring (bicyclic) bond motifs is 1. The van der Waals surface area contributed by atoms with Gasteiger partial charge in [-0.15, -0.1) is 0 Å². The molecule has 1 fully saturated rings. The van der Waals surface area contributed by atoms with Gasteiger partial charge in [0.1, 0.15) is 5.52 Å². The second-order valence-electron chi connectivity index (χ2n) is 4.75. The first-order chi connectivity index (χ1) is 9.28. The van der Waals surface area contributed by atoms with Crippen molar-refractivity contribution in [3.8, 4) is 0 Å². The quantitative estimate of drug-likeness (QED) is 0.837. The highest BCUT2D eigenvalue weighted by molar-refractivity contribution is 5.93. The zero-order valence-electron chi connectivity index (χ0n) is 10.8. The third kappa shape index (κ3) is 2.33. The maximum Gasteiger partial charge on any atom is 0.337 e. The van der Waals surface area contributed by atoms with Crippen LogP contribution in [0.15, 0.2) is 22.6 Å². The summed E-state index contributed by atoms with van der Waals surface area (Å²) < 4.78 is 10.5. The van der Waals surface area contributed by atoms with E-state index in [0.29, 0.717) is 11.5 Å². The summed E-state index contributed by atoms with van der Waals surface area (Å²) in [4.78, 5) is 16.0. The molecular weight excluding hydrogens is 244 g/mol. The number of rotatable bonds is 2. The van der Waals surface area contributed by atoms with Crippen molar-refractivity contribution in [3.05, 3.63) is 29.7 Å². The molecule has 5 nitrogen and oxygen atoms in total. The second kappa shape index (κ2) is 5.01. The van der Waals surface area contributed by atoms with E-state index in [0.717, 1.165) is 42.9 Å². The molecule has 19 heavy (non-hydrogen) atoms. The molecule has 3 rings (SSSR count). The maximum absolute atomic E-state index is 11.5. The molecule has 100 valence electrons. The topological polar surface area (TPSA) is 64.4 Å². The lowest BCUT2D eigenvalue weighted by atomic mass is 9.98. The number of aromatic nitrogens is 1. The molecule has 1 aliphatic heterocycles. The Labute approximate surface area is 111 Å². The summed E-state index contributed by atoms with van der Waals surface area (Å²) in [5.74, 6) is 0.794. The van der Waals surface area contributed by atoms with Crippen molar-refractivity contribution in [1.82, 2.24) is 10.3 Å². The molecular formula is C14H16N2O3. The summed E-state index contributed by atoms with van der Waals surface area (Å²) >= 11 is 0. The van der Waals surface area contributed by atoms with Crippen molar-refractivity contribution in [2.75, 3.05) is 20.2 Å². The monoisotopic (exact) mass is 260 g/mol. The van der Waals surface area contributed by atoms with E-state index in [1.807, 2.05) is 0 Å². The van der Waals surface area contributed by atoms with Gasteiger partial charge in [-0.2, -0.15) is 0 Å². The molecule has 0 spiro atoms. The molecule has 0 radical (unpaired) electrons. The number of benzene rings is 1. The normalized spacial score (nSPS) is 16.7. The summed E-state index contributed by atoms with van der Waals surface area (Å²) in [5.41, 5.74) is 1.94. The number of oxazole rings is 1. The van der Waals surface area contributed by atoms with Crippen LogP contribution in [-0.2, 0) is 4.74 Å². The molecule has 0 atom stereocenters. The van der Waals surface area contributed by atoms with Crippen LogP contribution >= 0.6 is 0 Å². The van der Waals surface area contributed by atoms with Gasteiger partial charge in [0.25, 0.3) is 0 Å². The fourth-order valence-corrected chi connectivity index (χ4v) is 2.43. The number of hydrogen-bond donors (Lipinski definition) is 1. The van der Waals surface area contributed by atoms with Crippen LogP contribution in [0, 0.1) is 0 Å². The van der Waals surface area contributed by atoms with E-state index in [-0.39, 0.29) is 5.97 Å². The molecule has 5 heteroatoms. The van der Waals surface area contributed by atoms with Crippen LogP contribution < -0.4 is 5.32 Å². The Balaban J connectivity index is 1.93. The lowest BCUT2D eigenvalue weighted by molar-refractivity contribution is 0.0601. The number of ether oxygens (including phenoxy) is 1. The highest BCUT2D eigenvalue weighted by Gasteiger charge is 2.21. The summed E-state index contributed by atoms with van der Waals surface area (Å²) in [6, 6.07) is 5.19. The Kier molecular flexibility index (Phi) is 3.21. The molecule has 1 saturated heterocycles. The van der Waals surface area contributed by atoms with Crippen molar-refractivity contribution in [2.45, 2.75) is 18.8 Å². The first kappa shape index (κ1) is 12.2. The Hall–Kier alpha value is -1.88. The van der Waals surface area contributed by atoms with Crippen LogP contribution in [0.3, 0.4) is 0 Å². The molecule has 1 aliphatic rings. The first-order valence-electron chi connectivity index (χ1n) is 6.47. The molecule has 0 bridgehead atoms. The number of methoxy groups -OCH3 is 1. The highest BCUT2D eigenvalue weighted by atomic mass is 16.5. The smallest absolute Gasteiger partial charge is 0.337 e. The predicted molar refractivity (Wildman–Crippen MR) is 70.2 cm³/mol. The number of nitrogens with one attached hydrogen (secondary N) is 1. The van der Waals surface area contributed by atoms with Crippen LogP contribution in [0.4, 0.5) is 0 Å². The second-order valence-corrected chi connectivity index (χ2v) is 4.75. The van der Waals surface area contributed by atoms with Gasteiger partial charge >= 0.3 is 5.97 Å². The summed E-state index contributed by atoms with van der Waals surface area (Å²) in [7, 11) is 1.37. The van der Waals surface area contributed by atoms with Gasteiger partial charge in [0.05, 0.1) is 12.7 Å². The average Bonchev–Trinajstić information content (AvgIpc) is 2.90. The zero-order valence-corrected chi connectivity index (χ0v) is 10.8. The lowest BCUT2D eigenvalue weighted by Gasteiger charge is -2.19. The van der Waals surface area contributed by atoms with Gasteiger partial charge < -0.3 is 14.5 Å². The lowest BCUT2D eigenvalue weighted by Crippen LogP contribution is -2.26. The number of hydrogen-bond acceptors (Lipinski definition) is 5. The molecule has 1 aromatic carbocycles. The Morgan fingerprint density at radius 1 is 1.42 bits per heavy atom. The number of nitrogens with zero attached hydrogens (tertiary/aromatic N) is 1. The van der Waals surface area contributed by atoms with Gasteiger partial charge in [0, 0.05) is 5.92 Å². The standard InChI is InChI=1S/C14H16N2O3/c1-18-14(17)10-2-3-12-11(8-10)16-13(19-12)9-4-6-15-7-5-9/h2-3,8-9,15H,4-7H2,1H3. The number of esters is 1. The van der Waals surface area contributed by atoms with Crippen molar-refractivity contribution in [3.63, 3.8) is 0 Å². The fraction of sp³-hybridized carbons (Fsp3) is 0.429. The van der Waals surface area contributed by atoms with Crippen molar-refractivity contribution in [2.24, 2.45) is 0 Å². The third-order valence-electron chi connectivity index (χ3n) is 3.51. The number of carbonyl (C=O) groups is 1. The first-order valence-corrected chi connectivity index (χ1v) is 6.47. The number of piperidine rings is 1. The largest absolute Gasteiger partial charge is 0.465 e. The minimum atomic E-state index is -0.353. The minimum absolute atomic E-state index is 0.353. The van der Waals surface area contributed by atoms with E-state index in [1.165, 1.54) is 7.11 Å². The van der Waals surface area contributed by atoms with Crippen LogP contribution in [0.1, 0.15) is 35.0 Å². The summed E-state index contributed by atoms with van der Waals surface area (Å²) in [6.07, 6.45) is 2.08. The van der Waals surface area contributed by atoms with Crippen molar-refractivity contribution in [1.29, 1.82) is 0 Å². The minimum Gasteiger partial charge on any atom is -0.465 e. The van der Waals surface area contributed by atoms with Crippen molar-refractivity contribution < 1.29 is 13.9 Å². The van der Waals surface area contributed by atoms with Gasteiger partial charge in [-0.1, -0.05) is 0 Å². The van der Waals surface area contributed by atoms with Gasteiger partial charge in [-0.3, -0.25) is 0 Å². The summed E-state index contributed by atoms with van der Waals surface area (Å²) in [5, 5.41) is 3.32. The van der Waals surface area contributed by atoms with Gasteiger partial charge in [-0.25, -0.2) is 9.78 Å². The van der Waals surface area contributed by atoms with Gasteiger partial charge in [-0.05, 0) is 44.1 Å². The summed E-state index contributed by atoms with van der Waals surface area (Å²) in [6.45, 7) is 1.99. The molecule has 0 amide bonds. The molecule has 2 heterocycles. The van der Waals surface area contributed by atoms with Crippen LogP contribution in [0.2, 0.25) is 0 Å². The van der Waals surface area contributed by atoms with E-state index in [1.54, 1.807) is 18.2 Å². The zero-order chi connectivity index (χ0) is 13.2. The third-order valence-corrected chi connectivity index (χ3v) is 3.51. The van der Waals surface area contributed by atoms with Crippen molar-refractivity contribution >= 4 is 17.1 Å². The van der Waals surface area contributed by atoms with Gasteiger partial charge in [0.2, 0.25) is 0 Å². The molecule has 2 aromatic rings. The predicted octanol–water partition coefficient (Wildman–Crippen LogP) is 2.08. The van der Waals surface area contributed by atoms with E-state index in [2.05, 4.69) is 10.3 Å². The molecule has 1 N–H and O–H groups in total. The van der Waals surface area contributed by atoms with Crippen LogP contribution in [-0.4, -0.2) is 31.2 Å². The Morgan fingerprint density at radius 2 is 2.21 bits per heavy atom. The van der Waals surface area contributed by atoms with E-state index < -0.39 is 0 Å². The molecule has 1 aromatic heterocycles. The molecule has 0 saturated carbocycles. The molecule has 0 aliphatic carbocycles.